The van der Waals surface area contributed by atoms with Crippen molar-refractivity contribution < 1.29 is 14.4 Å². The standard InChI is InChI=1S/C19H22N4O3S2/c1-11-3-4-15(5-12(11)2)23-7-13(6-17(23)25)18(26)22-19-21-14(9-28-19)8-27-10-16(20)24/h3-5,9,13H,6-8,10H2,1-2H3,(H2,20,24)(H,21,22,26). The summed E-state index contributed by atoms with van der Waals surface area (Å²) < 4.78 is 0. The highest BCUT2D eigenvalue weighted by atomic mass is 32.2. The van der Waals surface area contributed by atoms with Crippen LogP contribution in [0.5, 0.6) is 0 Å². The Morgan fingerprint density at radius 2 is 2.14 bits per heavy atom. The van der Waals surface area contributed by atoms with E-state index in [-0.39, 0.29) is 29.9 Å². The van der Waals surface area contributed by atoms with Gasteiger partial charge in [0.1, 0.15) is 0 Å². The number of benzene rings is 1. The zero-order valence-electron chi connectivity index (χ0n) is 15.7. The first-order valence-electron chi connectivity index (χ1n) is 8.82. The smallest absolute Gasteiger partial charge is 0.231 e. The summed E-state index contributed by atoms with van der Waals surface area (Å²) in [6.45, 7) is 4.39. The summed E-state index contributed by atoms with van der Waals surface area (Å²) in [5, 5.41) is 5.14. The number of rotatable bonds is 7. The van der Waals surface area contributed by atoms with Crippen LogP contribution >= 0.6 is 23.1 Å². The number of thiazole rings is 1. The average molecular weight is 419 g/mol. The largest absolute Gasteiger partial charge is 0.369 e. The molecule has 0 radical (unpaired) electrons. The Hall–Kier alpha value is -2.39. The van der Waals surface area contributed by atoms with Gasteiger partial charge in [-0.05, 0) is 37.1 Å². The van der Waals surface area contributed by atoms with Gasteiger partial charge in [-0.2, -0.15) is 0 Å². The zero-order valence-corrected chi connectivity index (χ0v) is 17.4. The lowest BCUT2D eigenvalue weighted by Crippen LogP contribution is -2.28. The van der Waals surface area contributed by atoms with Crippen LogP contribution in [0.3, 0.4) is 0 Å². The molecule has 3 amide bonds. The maximum absolute atomic E-state index is 12.6. The third kappa shape index (κ3) is 4.90. The number of hydrogen-bond acceptors (Lipinski definition) is 6. The van der Waals surface area contributed by atoms with Gasteiger partial charge in [0.05, 0.1) is 17.4 Å². The van der Waals surface area contributed by atoms with E-state index < -0.39 is 5.92 Å². The van der Waals surface area contributed by atoms with Crippen LogP contribution in [0, 0.1) is 19.8 Å². The van der Waals surface area contributed by atoms with Crippen LogP contribution in [0.2, 0.25) is 0 Å². The lowest BCUT2D eigenvalue weighted by atomic mass is 10.1. The summed E-state index contributed by atoms with van der Waals surface area (Å²) >= 11 is 2.70. The number of nitrogens with one attached hydrogen (secondary N) is 1. The van der Waals surface area contributed by atoms with E-state index in [0.29, 0.717) is 17.4 Å². The fraction of sp³-hybridized carbons (Fsp3) is 0.368. The second kappa shape index (κ2) is 8.74. The Bertz CT molecular complexity index is 912. The molecule has 1 unspecified atom stereocenters. The van der Waals surface area contributed by atoms with Crippen molar-refractivity contribution in [3.63, 3.8) is 0 Å². The summed E-state index contributed by atoms with van der Waals surface area (Å²) in [4.78, 5) is 41.8. The van der Waals surface area contributed by atoms with Gasteiger partial charge in [-0.3, -0.25) is 14.4 Å². The van der Waals surface area contributed by atoms with Gasteiger partial charge >= 0.3 is 0 Å². The first-order valence-corrected chi connectivity index (χ1v) is 10.9. The maximum Gasteiger partial charge on any atom is 0.231 e. The topological polar surface area (TPSA) is 105 Å². The Balaban J connectivity index is 1.58. The fourth-order valence-corrected chi connectivity index (χ4v) is 4.40. The van der Waals surface area contributed by atoms with Gasteiger partial charge in [0.25, 0.3) is 0 Å². The number of carbonyl (C=O) groups excluding carboxylic acids is 3. The Labute approximate surface area is 171 Å². The van der Waals surface area contributed by atoms with Crippen molar-refractivity contribution >= 4 is 51.6 Å². The van der Waals surface area contributed by atoms with Gasteiger partial charge in [0.15, 0.2) is 5.13 Å². The number of aryl methyl sites for hydroxylation is 2. The van der Waals surface area contributed by atoms with Crippen molar-refractivity contribution in [2.24, 2.45) is 11.7 Å². The molecule has 9 heteroatoms. The number of amides is 3. The summed E-state index contributed by atoms with van der Waals surface area (Å²) in [7, 11) is 0. The molecular weight excluding hydrogens is 396 g/mol. The second-order valence-corrected chi connectivity index (χ2v) is 8.61. The van der Waals surface area contributed by atoms with Crippen LogP contribution in [-0.2, 0) is 20.1 Å². The number of primary amides is 1. The number of nitrogens with zero attached hydrogens (tertiary/aromatic N) is 2. The molecule has 1 saturated heterocycles. The number of hydrogen-bond donors (Lipinski definition) is 2. The molecule has 1 atom stereocenters. The predicted molar refractivity (Wildman–Crippen MR) is 112 cm³/mol. The molecule has 3 N–H and O–H groups in total. The lowest BCUT2D eigenvalue weighted by molar-refractivity contribution is -0.122. The molecule has 148 valence electrons. The zero-order chi connectivity index (χ0) is 20.3. The second-order valence-electron chi connectivity index (χ2n) is 6.77. The molecule has 0 saturated carbocycles. The lowest BCUT2D eigenvalue weighted by Gasteiger charge is -2.17. The van der Waals surface area contributed by atoms with Crippen LogP contribution in [0.4, 0.5) is 10.8 Å². The van der Waals surface area contributed by atoms with E-state index in [1.54, 1.807) is 4.90 Å². The number of nitrogens with two attached hydrogens (primary N) is 1. The van der Waals surface area contributed by atoms with Crippen molar-refractivity contribution in [2.45, 2.75) is 26.0 Å². The SMILES string of the molecule is Cc1ccc(N2CC(C(=O)Nc3nc(CSCC(N)=O)cs3)CC2=O)cc1C. The van der Waals surface area contributed by atoms with Crippen LogP contribution in [0.25, 0.3) is 0 Å². The van der Waals surface area contributed by atoms with Crippen molar-refractivity contribution in [1.29, 1.82) is 0 Å². The average Bonchev–Trinajstić information content (AvgIpc) is 3.24. The van der Waals surface area contributed by atoms with E-state index in [2.05, 4.69) is 10.3 Å². The highest BCUT2D eigenvalue weighted by Crippen LogP contribution is 2.28. The molecule has 0 aliphatic carbocycles. The van der Waals surface area contributed by atoms with E-state index >= 15 is 0 Å². The molecule has 2 aromatic rings. The minimum Gasteiger partial charge on any atom is -0.369 e. The van der Waals surface area contributed by atoms with Crippen molar-refractivity contribution in [2.75, 3.05) is 22.5 Å². The van der Waals surface area contributed by atoms with Crippen LogP contribution in [0.1, 0.15) is 23.2 Å². The van der Waals surface area contributed by atoms with Gasteiger partial charge < -0.3 is 16.0 Å². The molecule has 3 rings (SSSR count). The van der Waals surface area contributed by atoms with Crippen LogP contribution < -0.4 is 16.0 Å². The maximum atomic E-state index is 12.6. The van der Waals surface area contributed by atoms with Crippen LogP contribution in [0.15, 0.2) is 23.6 Å². The normalized spacial score (nSPS) is 16.4. The Kier molecular flexibility index (Phi) is 6.35. The van der Waals surface area contributed by atoms with E-state index in [4.69, 9.17) is 5.73 Å². The molecule has 2 heterocycles. The number of aromatic nitrogens is 1. The quantitative estimate of drug-likeness (QED) is 0.719. The van der Waals surface area contributed by atoms with Gasteiger partial charge in [-0.15, -0.1) is 23.1 Å². The summed E-state index contributed by atoms with van der Waals surface area (Å²) in [5.74, 6) is -0.245. The summed E-state index contributed by atoms with van der Waals surface area (Å²) in [6.07, 6.45) is 0.186. The summed E-state index contributed by atoms with van der Waals surface area (Å²) in [5.41, 5.74) is 9.00. The third-order valence-electron chi connectivity index (χ3n) is 4.57. The number of carbonyl (C=O) groups is 3. The molecule has 7 nitrogen and oxygen atoms in total. The third-order valence-corrected chi connectivity index (χ3v) is 6.37. The van der Waals surface area contributed by atoms with Crippen molar-refractivity contribution in [3.8, 4) is 0 Å². The number of thioether (sulfide) groups is 1. The molecular formula is C19H22N4O3S2. The first kappa shape index (κ1) is 20.3. The fourth-order valence-electron chi connectivity index (χ4n) is 2.92. The monoisotopic (exact) mass is 418 g/mol. The predicted octanol–water partition coefficient (Wildman–Crippen LogP) is 2.47. The van der Waals surface area contributed by atoms with E-state index in [1.807, 2.05) is 37.4 Å². The van der Waals surface area contributed by atoms with Gasteiger partial charge in [0, 0.05) is 29.8 Å². The van der Waals surface area contributed by atoms with Crippen molar-refractivity contribution in [1.82, 2.24) is 4.98 Å². The molecule has 1 aliphatic heterocycles. The highest BCUT2D eigenvalue weighted by Gasteiger charge is 2.35. The van der Waals surface area contributed by atoms with Gasteiger partial charge in [-0.1, -0.05) is 6.07 Å². The van der Waals surface area contributed by atoms with E-state index in [0.717, 1.165) is 16.9 Å². The molecule has 0 bridgehead atoms. The minimum absolute atomic E-state index is 0.0499. The first-order chi connectivity index (χ1) is 13.3. The van der Waals surface area contributed by atoms with Gasteiger partial charge in [-0.25, -0.2) is 4.98 Å². The molecule has 0 spiro atoms. The van der Waals surface area contributed by atoms with E-state index in [1.165, 1.54) is 28.7 Å². The molecule has 1 fully saturated rings. The molecule has 28 heavy (non-hydrogen) atoms. The highest BCUT2D eigenvalue weighted by molar-refractivity contribution is 7.99. The van der Waals surface area contributed by atoms with Crippen LogP contribution in [-0.4, -0.2) is 35.0 Å². The summed E-state index contributed by atoms with van der Waals surface area (Å²) in [6, 6.07) is 5.88. The Morgan fingerprint density at radius 3 is 2.86 bits per heavy atom. The molecule has 1 aliphatic rings. The molecule has 1 aromatic carbocycles. The minimum atomic E-state index is -0.411. The Morgan fingerprint density at radius 1 is 1.36 bits per heavy atom. The van der Waals surface area contributed by atoms with Gasteiger partial charge in [0.2, 0.25) is 17.7 Å². The number of anilines is 2. The molecule has 1 aromatic heterocycles. The van der Waals surface area contributed by atoms with Crippen molar-refractivity contribution in [3.05, 3.63) is 40.4 Å². The van der Waals surface area contributed by atoms with E-state index in [9.17, 15) is 14.4 Å².